The number of nitrogens with zero attached hydrogens (tertiary/aromatic N) is 1. The third-order valence-corrected chi connectivity index (χ3v) is 1.82. The molecule has 0 aliphatic rings. The summed E-state index contributed by atoms with van der Waals surface area (Å²) in [6.07, 6.45) is 2.44. The number of aromatic nitrogens is 1. The van der Waals surface area contributed by atoms with E-state index in [1.54, 1.807) is 0 Å². The van der Waals surface area contributed by atoms with Crippen LogP contribution in [0.3, 0.4) is 0 Å². The topological polar surface area (TPSA) is 65.2 Å². The molecule has 0 fully saturated rings. The van der Waals surface area contributed by atoms with Crippen LogP contribution >= 0.6 is 0 Å². The molecule has 0 saturated carbocycles. The standard InChI is InChI=1S/C9H11FN2O2/c1-14-9(13)4-8(11)6-2-3-12-5-7(6)10/h2-3,5,8H,4,11H2,1H3/t8-/m0/s1. The molecule has 2 N–H and O–H groups in total. The first-order valence-electron chi connectivity index (χ1n) is 4.07. The number of methoxy groups -OCH3 is 1. The Hall–Kier alpha value is -1.49. The van der Waals surface area contributed by atoms with Gasteiger partial charge in [-0.05, 0) is 6.07 Å². The lowest BCUT2D eigenvalue weighted by Gasteiger charge is -2.10. The van der Waals surface area contributed by atoms with E-state index in [9.17, 15) is 9.18 Å². The van der Waals surface area contributed by atoms with Crippen molar-refractivity contribution in [2.24, 2.45) is 5.73 Å². The van der Waals surface area contributed by atoms with Gasteiger partial charge in [-0.3, -0.25) is 9.78 Å². The lowest BCUT2D eigenvalue weighted by atomic mass is 10.1. The van der Waals surface area contributed by atoms with Crippen LogP contribution < -0.4 is 5.73 Å². The normalized spacial score (nSPS) is 12.2. The number of esters is 1. The highest BCUT2D eigenvalue weighted by molar-refractivity contribution is 5.70. The fraction of sp³-hybridized carbons (Fsp3) is 0.333. The van der Waals surface area contributed by atoms with E-state index in [4.69, 9.17) is 5.73 Å². The van der Waals surface area contributed by atoms with Crippen molar-refractivity contribution in [3.05, 3.63) is 29.8 Å². The Morgan fingerprint density at radius 3 is 3.07 bits per heavy atom. The second-order valence-electron chi connectivity index (χ2n) is 2.78. The Balaban J connectivity index is 2.74. The van der Waals surface area contributed by atoms with Gasteiger partial charge in [-0.25, -0.2) is 4.39 Å². The van der Waals surface area contributed by atoms with Gasteiger partial charge in [-0.2, -0.15) is 0 Å². The van der Waals surface area contributed by atoms with Gasteiger partial charge in [-0.15, -0.1) is 0 Å². The van der Waals surface area contributed by atoms with Crippen LogP contribution in [0.15, 0.2) is 18.5 Å². The quantitative estimate of drug-likeness (QED) is 0.729. The molecule has 1 aromatic heterocycles. The van der Waals surface area contributed by atoms with Crippen LogP contribution in [0.2, 0.25) is 0 Å². The first-order valence-corrected chi connectivity index (χ1v) is 4.07. The molecule has 0 radical (unpaired) electrons. The Labute approximate surface area is 80.9 Å². The van der Waals surface area contributed by atoms with E-state index in [2.05, 4.69) is 9.72 Å². The molecule has 1 rings (SSSR count). The third kappa shape index (κ3) is 2.50. The summed E-state index contributed by atoms with van der Waals surface area (Å²) < 4.78 is 17.5. The summed E-state index contributed by atoms with van der Waals surface area (Å²) in [6, 6.07) is 0.758. The third-order valence-electron chi connectivity index (χ3n) is 1.82. The molecule has 0 saturated heterocycles. The largest absolute Gasteiger partial charge is 0.469 e. The number of ether oxygens (including phenoxy) is 1. The van der Waals surface area contributed by atoms with E-state index < -0.39 is 17.8 Å². The molecule has 4 nitrogen and oxygen atoms in total. The maximum Gasteiger partial charge on any atom is 0.307 e. The molecule has 76 valence electrons. The Bertz CT molecular complexity index is 330. The summed E-state index contributed by atoms with van der Waals surface area (Å²) >= 11 is 0. The fourth-order valence-electron chi connectivity index (χ4n) is 1.06. The second-order valence-corrected chi connectivity index (χ2v) is 2.78. The maximum absolute atomic E-state index is 13.1. The highest BCUT2D eigenvalue weighted by atomic mass is 19.1. The molecule has 1 heterocycles. The summed E-state index contributed by atoms with van der Waals surface area (Å²) in [6.45, 7) is 0. The van der Waals surface area contributed by atoms with Crippen LogP contribution in [0.1, 0.15) is 18.0 Å². The molecule has 5 heteroatoms. The molecule has 0 spiro atoms. The predicted molar refractivity (Wildman–Crippen MR) is 47.8 cm³/mol. The molecule has 0 aliphatic heterocycles. The minimum Gasteiger partial charge on any atom is -0.469 e. The summed E-state index contributed by atoms with van der Waals surface area (Å²) in [5.74, 6) is -0.974. The molecule has 0 amide bonds. The molecular weight excluding hydrogens is 187 g/mol. The molecule has 0 aromatic carbocycles. The van der Waals surface area contributed by atoms with Gasteiger partial charge in [-0.1, -0.05) is 0 Å². The highest BCUT2D eigenvalue weighted by Crippen LogP contribution is 2.16. The van der Waals surface area contributed by atoms with Crippen molar-refractivity contribution in [2.75, 3.05) is 7.11 Å². The molecule has 0 unspecified atom stereocenters. The monoisotopic (exact) mass is 198 g/mol. The lowest BCUT2D eigenvalue weighted by Crippen LogP contribution is -2.17. The molecule has 1 aromatic rings. The van der Waals surface area contributed by atoms with E-state index in [0.29, 0.717) is 0 Å². The first-order chi connectivity index (χ1) is 6.65. The van der Waals surface area contributed by atoms with Gasteiger partial charge < -0.3 is 10.5 Å². The fourth-order valence-corrected chi connectivity index (χ4v) is 1.06. The average molecular weight is 198 g/mol. The first kappa shape index (κ1) is 10.6. The molecule has 0 aliphatic carbocycles. The highest BCUT2D eigenvalue weighted by Gasteiger charge is 2.15. The maximum atomic E-state index is 13.1. The Morgan fingerprint density at radius 1 is 1.79 bits per heavy atom. The molecule has 1 atom stereocenters. The number of pyridine rings is 1. The van der Waals surface area contributed by atoms with Crippen molar-refractivity contribution in [1.29, 1.82) is 0 Å². The van der Waals surface area contributed by atoms with E-state index in [-0.39, 0.29) is 12.0 Å². The van der Waals surface area contributed by atoms with Crippen molar-refractivity contribution in [3.63, 3.8) is 0 Å². The van der Waals surface area contributed by atoms with Crippen LogP contribution in [-0.4, -0.2) is 18.1 Å². The number of halogens is 1. The summed E-state index contributed by atoms with van der Waals surface area (Å²) in [5.41, 5.74) is 5.87. The van der Waals surface area contributed by atoms with Gasteiger partial charge in [0.25, 0.3) is 0 Å². The predicted octanol–water partition coefficient (Wildman–Crippen LogP) is 0.784. The minimum absolute atomic E-state index is 0.0442. The smallest absolute Gasteiger partial charge is 0.307 e. The number of hydrogen-bond donors (Lipinski definition) is 1. The Morgan fingerprint density at radius 2 is 2.50 bits per heavy atom. The zero-order valence-corrected chi connectivity index (χ0v) is 7.74. The summed E-state index contributed by atoms with van der Waals surface area (Å²) in [5, 5.41) is 0. The van der Waals surface area contributed by atoms with Crippen molar-refractivity contribution < 1.29 is 13.9 Å². The van der Waals surface area contributed by atoms with Crippen molar-refractivity contribution in [1.82, 2.24) is 4.98 Å². The van der Waals surface area contributed by atoms with Crippen LogP contribution in [0.4, 0.5) is 4.39 Å². The van der Waals surface area contributed by atoms with E-state index in [0.717, 1.165) is 6.20 Å². The zero-order valence-electron chi connectivity index (χ0n) is 7.74. The molecule has 14 heavy (non-hydrogen) atoms. The van der Waals surface area contributed by atoms with Crippen LogP contribution in [0, 0.1) is 5.82 Å². The van der Waals surface area contributed by atoms with Crippen LogP contribution in [0.25, 0.3) is 0 Å². The Kier molecular flexibility index (Phi) is 3.53. The second kappa shape index (κ2) is 4.66. The number of rotatable bonds is 3. The molecular formula is C9H11FN2O2. The SMILES string of the molecule is COC(=O)C[C@H](N)c1ccncc1F. The summed E-state index contributed by atoms with van der Waals surface area (Å²) in [4.78, 5) is 14.4. The van der Waals surface area contributed by atoms with Gasteiger partial charge >= 0.3 is 5.97 Å². The van der Waals surface area contributed by atoms with Crippen molar-refractivity contribution in [3.8, 4) is 0 Å². The van der Waals surface area contributed by atoms with E-state index in [1.807, 2.05) is 0 Å². The van der Waals surface area contributed by atoms with Crippen molar-refractivity contribution in [2.45, 2.75) is 12.5 Å². The minimum atomic E-state index is -0.689. The molecule has 0 bridgehead atoms. The summed E-state index contributed by atoms with van der Waals surface area (Å²) in [7, 11) is 1.26. The van der Waals surface area contributed by atoms with Gasteiger partial charge in [0.1, 0.15) is 5.82 Å². The van der Waals surface area contributed by atoms with Gasteiger partial charge in [0.05, 0.1) is 19.7 Å². The van der Waals surface area contributed by atoms with Crippen LogP contribution in [-0.2, 0) is 9.53 Å². The van der Waals surface area contributed by atoms with Gasteiger partial charge in [0, 0.05) is 17.8 Å². The van der Waals surface area contributed by atoms with E-state index >= 15 is 0 Å². The zero-order chi connectivity index (χ0) is 10.6. The van der Waals surface area contributed by atoms with Gasteiger partial charge in [0.2, 0.25) is 0 Å². The number of nitrogens with two attached hydrogens (primary N) is 1. The lowest BCUT2D eigenvalue weighted by molar-refractivity contribution is -0.141. The number of hydrogen-bond acceptors (Lipinski definition) is 4. The average Bonchev–Trinajstić information content (AvgIpc) is 2.18. The van der Waals surface area contributed by atoms with Gasteiger partial charge in [0.15, 0.2) is 0 Å². The van der Waals surface area contributed by atoms with E-state index in [1.165, 1.54) is 19.4 Å². The van der Waals surface area contributed by atoms with Crippen molar-refractivity contribution >= 4 is 5.97 Å². The van der Waals surface area contributed by atoms with Crippen LogP contribution in [0.5, 0.6) is 0 Å². The number of carbonyl (C=O) groups is 1. The number of carbonyl (C=O) groups excluding carboxylic acids is 1.